The van der Waals surface area contributed by atoms with Crippen LogP contribution in [0.1, 0.15) is 6.92 Å². The van der Waals surface area contributed by atoms with E-state index < -0.39 is 0 Å². The Morgan fingerprint density at radius 1 is 1.00 bits per heavy atom. The molecule has 0 radical (unpaired) electrons. The van der Waals surface area contributed by atoms with Gasteiger partial charge in [0.1, 0.15) is 16.7 Å². The normalized spacial score (nSPS) is 10.6. The Morgan fingerprint density at radius 3 is 2.21 bits per heavy atom. The number of fused-ring (bicyclic) bond motifs is 1. The first-order valence-electron chi connectivity index (χ1n) is 5.84. The number of hydrogen-bond acceptors (Lipinski definition) is 4. The highest BCUT2D eigenvalue weighted by Gasteiger charge is 2.10. The molecule has 0 unspecified atom stereocenters. The van der Waals surface area contributed by atoms with Crippen molar-refractivity contribution in [3.05, 3.63) is 48.5 Å². The molecular weight excluding hydrogens is 242 g/mol. The molecule has 19 heavy (non-hydrogen) atoms. The SMILES string of the molecule is CC(=O)Oc1ccccc1-n1nc2ccccc2n1. The Kier molecular flexibility index (Phi) is 2.72. The van der Waals surface area contributed by atoms with Crippen molar-refractivity contribution in [2.24, 2.45) is 0 Å². The minimum atomic E-state index is -0.371. The maximum atomic E-state index is 11.1. The Bertz CT molecular complexity index is 716. The van der Waals surface area contributed by atoms with E-state index >= 15 is 0 Å². The zero-order valence-electron chi connectivity index (χ0n) is 10.3. The van der Waals surface area contributed by atoms with Gasteiger partial charge in [0.2, 0.25) is 0 Å². The summed E-state index contributed by atoms with van der Waals surface area (Å²) >= 11 is 0. The second kappa shape index (κ2) is 4.53. The average Bonchev–Trinajstić information content (AvgIpc) is 2.82. The van der Waals surface area contributed by atoms with E-state index in [0.717, 1.165) is 11.0 Å². The van der Waals surface area contributed by atoms with E-state index in [1.165, 1.54) is 11.7 Å². The summed E-state index contributed by atoms with van der Waals surface area (Å²) in [6, 6.07) is 14.7. The summed E-state index contributed by atoms with van der Waals surface area (Å²) in [4.78, 5) is 12.6. The molecule has 0 saturated carbocycles. The van der Waals surface area contributed by atoms with Crippen LogP contribution in [0.25, 0.3) is 16.7 Å². The maximum absolute atomic E-state index is 11.1. The van der Waals surface area contributed by atoms with Crippen molar-refractivity contribution in [2.75, 3.05) is 0 Å². The summed E-state index contributed by atoms with van der Waals surface area (Å²) in [5.41, 5.74) is 2.22. The van der Waals surface area contributed by atoms with Crippen molar-refractivity contribution < 1.29 is 9.53 Å². The molecule has 5 nitrogen and oxygen atoms in total. The number of hydrogen-bond donors (Lipinski definition) is 0. The third kappa shape index (κ3) is 2.18. The van der Waals surface area contributed by atoms with Crippen LogP contribution in [0, 0.1) is 0 Å². The van der Waals surface area contributed by atoms with Gasteiger partial charge in [-0.1, -0.05) is 24.3 Å². The monoisotopic (exact) mass is 253 g/mol. The summed E-state index contributed by atoms with van der Waals surface area (Å²) < 4.78 is 5.16. The van der Waals surface area contributed by atoms with Crippen molar-refractivity contribution in [1.29, 1.82) is 0 Å². The van der Waals surface area contributed by atoms with E-state index in [1.54, 1.807) is 18.2 Å². The molecule has 0 fully saturated rings. The van der Waals surface area contributed by atoms with E-state index in [0.29, 0.717) is 11.4 Å². The number of carbonyl (C=O) groups excluding carboxylic acids is 1. The third-order valence-electron chi connectivity index (χ3n) is 2.62. The van der Waals surface area contributed by atoms with E-state index in [9.17, 15) is 4.79 Å². The first-order valence-corrected chi connectivity index (χ1v) is 5.84. The van der Waals surface area contributed by atoms with Gasteiger partial charge in [0.05, 0.1) is 0 Å². The molecule has 0 atom stereocenters. The second-order valence-corrected chi connectivity index (χ2v) is 4.04. The molecule has 94 valence electrons. The Hall–Kier alpha value is -2.69. The maximum Gasteiger partial charge on any atom is 0.308 e. The smallest absolute Gasteiger partial charge is 0.308 e. The Labute approximate surface area is 109 Å². The topological polar surface area (TPSA) is 57.0 Å². The quantitative estimate of drug-likeness (QED) is 0.519. The third-order valence-corrected chi connectivity index (χ3v) is 2.62. The van der Waals surface area contributed by atoms with Crippen LogP contribution >= 0.6 is 0 Å². The minimum absolute atomic E-state index is 0.371. The lowest BCUT2D eigenvalue weighted by Gasteiger charge is -2.06. The van der Waals surface area contributed by atoms with Crippen LogP contribution in [0.15, 0.2) is 48.5 Å². The van der Waals surface area contributed by atoms with Gasteiger partial charge in [-0.05, 0) is 24.3 Å². The molecule has 0 saturated heterocycles. The van der Waals surface area contributed by atoms with Crippen molar-refractivity contribution in [3.63, 3.8) is 0 Å². The molecule has 0 bridgehead atoms. The second-order valence-electron chi connectivity index (χ2n) is 4.04. The number of nitrogens with zero attached hydrogens (tertiary/aromatic N) is 3. The molecule has 0 aliphatic rings. The zero-order chi connectivity index (χ0) is 13.2. The fourth-order valence-corrected chi connectivity index (χ4v) is 1.83. The van der Waals surface area contributed by atoms with Crippen LogP contribution in [-0.2, 0) is 4.79 Å². The Balaban J connectivity index is 2.13. The van der Waals surface area contributed by atoms with Gasteiger partial charge in [0, 0.05) is 6.92 Å². The van der Waals surface area contributed by atoms with Gasteiger partial charge in [-0.3, -0.25) is 4.79 Å². The lowest BCUT2D eigenvalue weighted by molar-refractivity contribution is -0.131. The molecule has 3 aromatic rings. The molecule has 1 aromatic heterocycles. The molecule has 0 aliphatic carbocycles. The van der Waals surface area contributed by atoms with Crippen molar-refractivity contribution in [3.8, 4) is 11.4 Å². The lowest BCUT2D eigenvalue weighted by Crippen LogP contribution is -2.07. The van der Waals surface area contributed by atoms with Crippen molar-refractivity contribution in [1.82, 2.24) is 15.0 Å². The van der Waals surface area contributed by atoms with Gasteiger partial charge in [0.25, 0.3) is 0 Å². The molecule has 0 amide bonds. The molecular formula is C14H11N3O2. The number of para-hydroxylation sites is 2. The van der Waals surface area contributed by atoms with Gasteiger partial charge >= 0.3 is 5.97 Å². The number of carbonyl (C=O) groups is 1. The largest absolute Gasteiger partial charge is 0.424 e. The fourth-order valence-electron chi connectivity index (χ4n) is 1.83. The summed E-state index contributed by atoms with van der Waals surface area (Å²) in [6.45, 7) is 1.36. The van der Waals surface area contributed by atoms with Crippen molar-refractivity contribution >= 4 is 17.0 Å². The van der Waals surface area contributed by atoms with Crippen LogP contribution in [-0.4, -0.2) is 21.0 Å². The van der Waals surface area contributed by atoms with Crippen LogP contribution in [0.4, 0.5) is 0 Å². The van der Waals surface area contributed by atoms with Crippen LogP contribution < -0.4 is 4.74 Å². The van der Waals surface area contributed by atoms with Crippen LogP contribution in [0.2, 0.25) is 0 Å². The molecule has 0 aliphatic heterocycles. The highest BCUT2D eigenvalue weighted by atomic mass is 16.5. The van der Waals surface area contributed by atoms with Crippen LogP contribution in [0.3, 0.4) is 0 Å². The highest BCUT2D eigenvalue weighted by molar-refractivity contribution is 5.74. The number of esters is 1. The average molecular weight is 253 g/mol. The molecule has 3 rings (SSSR count). The summed E-state index contributed by atoms with van der Waals surface area (Å²) in [5.74, 6) is 0.0690. The molecule has 0 N–H and O–H groups in total. The first kappa shape index (κ1) is 11.4. The summed E-state index contributed by atoms with van der Waals surface area (Å²) in [7, 11) is 0. The summed E-state index contributed by atoms with van der Waals surface area (Å²) in [5, 5.41) is 8.73. The van der Waals surface area contributed by atoms with E-state index in [4.69, 9.17) is 4.74 Å². The van der Waals surface area contributed by atoms with Gasteiger partial charge < -0.3 is 4.74 Å². The van der Waals surface area contributed by atoms with Gasteiger partial charge in [-0.2, -0.15) is 0 Å². The first-order chi connectivity index (χ1) is 9.24. The van der Waals surface area contributed by atoms with E-state index in [2.05, 4.69) is 10.2 Å². The highest BCUT2D eigenvalue weighted by Crippen LogP contribution is 2.22. The molecule has 5 heteroatoms. The zero-order valence-corrected chi connectivity index (χ0v) is 10.3. The van der Waals surface area contributed by atoms with E-state index in [-0.39, 0.29) is 5.97 Å². The molecule has 2 aromatic carbocycles. The number of rotatable bonds is 2. The fraction of sp³-hybridized carbons (Fsp3) is 0.0714. The number of ether oxygens (including phenoxy) is 1. The standard InChI is InChI=1S/C14H11N3O2/c1-10(18)19-14-9-5-4-8-13(14)17-15-11-6-2-3-7-12(11)16-17/h2-9H,1H3. The summed E-state index contributed by atoms with van der Waals surface area (Å²) in [6.07, 6.45) is 0. The van der Waals surface area contributed by atoms with Gasteiger partial charge in [0.15, 0.2) is 5.75 Å². The van der Waals surface area contributed by atoms with Crippen LogP contribution in [0.5, 0.6) is 5.75 Å². The van der Waals surface area contributed by atoms with Gasteiger partial charge in [-0.15, -0.1) is 15.0 Å². The van der Waals surface area contributed by atoms with E-state index in [1.807, 2.05) is 30.3 Å². The number of aromatic nitrogens is 3. The van der Waals surface area contributed by atoms with Crippen molar-refractivity contribution in [2.45, 2.75) is 6.92 Å². The number of benzene rings is 2. The Morgan fingerprint density at radius 2 is 1.58 bits per heavy atom. The predicted molar refractivity (Wildman–Crippen MR) is 70.2 cm³/mol. The molecule has 1 heterocycles. The minimum Gasteiger partial charge on any atom is -0.424 e. The van der Waals surface area contributed by atoms with Gasteiger partial charge in [-0.25, -0.2) is 0 Å². The predicted octanol–water partition coefficient (Wildman–Crippen LogP) is 2.35. The molecule has 0 spiro atoms. The lowest BCUT2D eigenvalue weighted by atomic mass is 10.3.